The maximum Gasteiger partial charge on any atom is 0.418 e. The molecule has 2 aromatic carbocycles. The first-order valence-corrected chi connectivity index (χ1v) is 7.67. The summed E-state index contributed by atoms with van der Waals surface area (Å²) < 4.78 is 39.0. The van der Waals surface area contributed by atoms with E-state index >= 15 is 0 Å². The van der Waals surface area contributed by atoms with Gasteiger partial charge in [0, 0.05) is 10.7 Å². The largest absolute Gasteiger partial charge is 0.418 e. The standard InChI is InChI=1S/C17H14ClF3N2O2/c1-2-10-5-3-4-6-13(10)22-15(24)16(25)23-14-8-7-11(18)9-12(14)17(19,20)21/h3-9H,2H2,1H3,(H,22,24)(H,23,25). The smallest absolute Gasteiger partial charge is 0.318 e. The maximum absolute atomic E-state index is 13.0. The van der Waals surface area contributed by atoms with Gasteiger partial charge >= 0.3 is 18.0 Å². The molecule has 0 radical (unpaired) electrons. The van der Waals surface area contributed by atoms with E-state index < -0.39 is 29.2 Å². The van der Waals surface area contributed by atoms with Gasteiger partial charge in [0.05, 0.1) is 11.3 Å². The van der Waals surface area contributed by atoms with Crippen molar-refractivity contribution >= 4 is 34.8 Å². The van der Waals surface area contributed by atoms with Crippen LogP contribution in [-0.2, 0) is 22.2 Å². The molecule has 2 N–H and O–H groups in total. The Morgan fingerprint density at radius 3 is 2.20 bits per heavy atom. The molecule has 0 saturated heterocycles. The third kappa shape index (κ3) is 4.73. The second kappa shape index (κ2) is 7.57. The fourth-order valence-electron chi connectivity index (χ4n) is 2.17. The van der Waals surface area contributed by atoms with Gasteiger partial charge in [0.15, 0.2) is 0 Å². The molecule has 25 heavy (non-hydrogen) atoms. The van der Waals surface area contributed by atoms with Gasteiger partial charge < -0.3 is 10.6 Å². The van der Waals surface area contributed by atoms with Crippen LogP contribution in [0, 0.1) is 0 Å². The number of nitrogens with one attached hydrogen (secondary N) is 2. The summed E-state index contributed by atoms with van der Waals surface area (Å²) in [5.41, 5.74) is -0.445. The molecule has 132 valence electrons. The number of amides is 2. The zero-order chi connectivity index (χ0) is 18.6. The average molecular weight is 371 g/mol. The van der Waals surface area contributed by atoms with Crippen LogP contribution in [0.2, 0.25) is 5.02 Å². The van der Waals surface area contributed by atoms with Crippen molar-refractivity contribution in [3.8, 4) is 0 Å². The van der Waals surface area contributed by atoms with Gasteiger partial charge in [-0.15, -0.1) is 0 Å². The van der Waals surface area contributed by atoms with Crippen molar-refractivity contribution in [1.29, 1.82) is 0 Å². The molecule has 0 fully saturated rings. The van der Waals surface area contributed by atoms with Gasteiger partial charge in [0.1, 0.15) is 0 Å². The molecule has 0 spiro atoms. The van der Waals surface area contributed by atoms with Crippen LogP contribution >= 0.6 is 11.6 Å². The van der Waals surface area contributed by atoms with Crippen LogP contribution < -0.4 is 10.6 Å². The molecule has 0 aliphatic carbocycles. The predicted molar refractivity (Wildman–Crippen MR) is 89.5 cm³/mol. The first-order chi connectivity index (χ1) is 11.7. The summed E-state index contributed by atoms with van der Waals surface area (Å²) in [5.74, 6) is -2.28. The minimum Gasteiger partial charge on any atom is -0.318 e. The fourth-order valence-corrected chi connectivity index (χ4v) is 2.34. The van der Waals surface area contributed by atoms with E-state index in [4.69, 9.17) is 11.6 Å². The molecular formula is C17H14ClF3N2O2. The molecule has 8 heteroatoms. The van der Waals surface area contributed by atoms with Crippen LogP contribution in [0.1, 0.15) is 18.1 Å². The molecule has 2 rings (SSSR count). The quantitative estimate of drug-likeness (QED) is 0.782. The molecule has 0 saturated carbocycles. The van der Waals surface area contributed by atoms with E-state index in [1.165, 1.54) is 6.07 Å². The van der Waals surface area contributed by atoms with Crippen LogP contribution in [0.4, 0.5) is 24.5 Å². The molecule has 4 nitrogen and oxygen atoms in total. The summed E-state index contributed by atoms with van der Waals surface area (Å²) in [6, 6.07) is 9.70. The number of para-hydroxylation sites is 1. The average Bonchev–Trinajstić information content (AvgIpc) is 2.56. The second-order valence-electron chi connectivity index (χ2n) is 5.11. The highest BCUT2D eigenvalue weighted by Crippen LogP contribution is 2.36. The lowest BCUT2D eigenvalue weighted by Gasteiger charge is -2.14. The molecule has 0 bridgehead atoms. The summed E-state index contributed by atoms with van der Waals surface area (Å²) in [5, 5.41) is 4.23. The van der Waals surface area contributed by atoms with Crippen molar-refractivity contribution in [2.24, 2.45) is 0 Å². The molecule has 0 heterocycles. The lowest BCUT2D eigenvalue weighted by Crippen LogP contribution is -2.30. The number of carbonyl (C=O) groups excluding carboxylic acids is 2. The van der Waals surface area contributed by atoms with Crippen molar-refractivity contribution in [3.63, 3.8) is 0 Å². The van der Waals surface area contributed by atoms with Crippen molar-refractivity contribution in [2.45, 2.75) is 19.5 Å². The van der Waals surface area contributed by atoms with E-state index in [0.717, 1.165) is 11.6 Å². The van der Waals surface area contributed by atoms with E-state index in [1.807, 2.05) is 12.2 Å². The van der Waals surface area contributed by atoms with Gasteiger partial charge in [-0.3, -0.25) is 9.59 Å². The van der Waals surface area contributed by atoms with E-state index in [2.05, 4.69) is 5.32 Å². The number of benzene rings is 2. The Morgan fingerprint density at radius 1 is 1.00 bits per heavy atom. The fraction of sp³-hybridized carbons (Fsp3) is 0.176. The number of anilines is 2. The lowest BCUT2D eigenvalue weighted by molar-refractivity contribution is -0.137. The van der Waals surface area contributed by atoms with E-state index in [-0.39, 0.29) is 5.02 Å². The van der Waals surface area contributed by atoms with Crippen LogP contribution in [0.3, 0.4) is 0 Å². The minimum absolute atomic E-state index is 0.133. The number of aryl methyl sites for hydroxylation is 1. The summed E-state index contributed by atoms with van der Waals surface area (Å²) in [6.07, 6.45) is -4.10. The van der Waals surface area contributed by atoms with Crippen LogP contribution in [0.5, 0.6) is 0 Å². The number of rotatable bonds is 3. The Labute approximate surface area is 147 Å². The molecule has 2 aromatic rings. The number of alkyl halides is 3. The zero-order valence-corrected chi connectivity index (χ0v) is 13.8. The van der Waals surface area contributed by atoms with Gasteiger partial charge in [0.2, 0.25) is 0 Å². The Kier molecular flexibility index (Phi) is 5.69. The Bertz CT molecular complexity index is 807. The van der Waals surface area contributed by atoms with Gasteiger partial charge in [0.25, 0.3) is 0 Å². The Balaban J connectivity index is 2.18. The number of halogens is 4. The predicted octanol–water partition coefficient (Wildman–Crippen LogP) is 4.50. The summed E-state index contributed by atoms with van der Waals surface area (Å²) in [4.78, 5) is 23.9. The van der Waals surface area contributed by atoms with Crippen LogP contribution in [0.15, 0.2) is 42.5 Å². The zero-order valence-electron chi connectivity index (χ0n) is 13.1. The maximum atomic E-state index is 13.0. The Morgan fingerprint density at radius 2 is 1.60 bits per heavy atom. The molecule has 0 aromatic heterocycles. The van der Waals surface area contributed by atoms with Crippen molar-refractivity contribution in [1.82, 2.24) is 0 Å². The lowest BCUT2D eigenvalue weighted by atomic mass is 10.1. The molecule has 0 unspecified atom stereocenters. The monoisotopic (exact) mass is 370 g/mol. The van der Waals surface area contributed by atoms with E-state index in [9.17, 15) is 22.8 Å². The molecule has 0 aliphatic heterocycles. The number of hydrogen-bond acceptors (Lipinski definition) is 2. The normalized spacial score (nSPS) is 11.1. The summed E-state index contributed by atoms with van der Waals surface area (Å²) in [7, 11) is 0. The SMILES string of the molecule is CCc1ccccc1NC(=O)C(=O)Nc1ccc(Cl)cc1C(F)(F)F. The first-order valence-electron chi connectivity index (χ1n) is 7.29. The van der Waals surface area contributed by atoms with Crippen molar-refractivity contribution in [3.05, 3.63) is 58.6 Å². The van der Waals surface area contributed by atoms with Crippen molar-refractivity contribution < 1.29 is 22.8 Å². The van der Waals surface area contributed by atoms with Gasteiger partial charge in [-0.05, 0) is 36.2 Å². The highest BCUT2D eigenvalue weighted by Gasteiger charge is 2.34. The summed E-state index contributed by atoms with van der Waals surface area (Å²) >= 11 is 5.57. The van der Waals surface area contributed by atoms with E-state index in [0.29, 0.717) is 18.2 Å². The summed E-state index contributed by atoms with van der Waals surface area (Å²) in [6.45, 7) is 1.87. The minimum atomic E-state index is -4.72. The third-order valence-corrected chi connectivity index (χ3v) is 3.62. The van der Waals surface area contributed by atoms with E-state index in [1.54, 1.807) is 24.3 Å². The highest BCUT2D eigenvalue weighted by atomic mass is 35.5. The topological polar surface area (TPSA) is 58.2 Å². The number of hydrogen-bond donors (Lipinski definition) is 2. The van der Waals surface area contributed by atoms with Crippen LogP contribution in [-0.4, -0.2) is 11.8 Å². The van der Waals surface area contributed by atoms with Gasteiger partial charge in [-0.2, -0.15) is 13.2 Å². The highest BCUT2D eigenvalue weighted by molar-refractivity contribution is 6.43. The first kappa shape index (κ1) is 18.8. The van der Waals surface area contributed by atoms with Gasteiger partial charge in [-0.1, -0.05) is 36.7 Å². The molecule has 0 atom stereocenters. The molecular weight excluding hydrogens is 357 g/mol. The Hall–Kier alpha value is -2.54. The third-order valence-electron chi connectivity index (χ3n) is 3.39. The molecule has 0 aliphatic rings. The number of carbonyl (C=O) groups is 2. The molecule has 2 amide bonds. The van der Waals surface area contributed by atoms with Crippen molar-refractivity contribution in [2.75, 3.05) is 10.6 Å². The van der Waals surface area contributed by atoms with Crippen LogP contribution in [0.25, 0.3) is 0 Å². The second-order valence-corrected chi connectivity index (χ2v) is 5.54. The van der Waals surface area contributed by atoms with Gasteiger partial charge in [-0.25, -0.2) is 0 Å².